The molecule has 2 aromatic rings. The van der Waals surface area contributed by atoms with E-state index in [1.807, 2.05) is 18.2 Å². The van der Waals surface area contributed by atoms with Crippen LogP contribution in [0.25, 0.3) is 12.2 Å². The second kappa shape index (κ2) is 11.5. The summed E-state index contributed by atoms with van der Waals surface area (Å²) in [5, 5.41) is 22.0. The zero-order valence-corrected chi connectivity index (χ0v) is 18.4. The van der Waals surface area contributed by atoms with E-state index in [2.05, 4.69) is 35.9 Å². The lowest BCUT2D eigenvalue weighted by Crippen LogP contribution is -2.39. The van der Waals surface area contributed by atoms with Crippen LogP contribution < -0.4 is 5.32 Å². The van der Waals surface area contributed by atoms with Gasteiger partial charge in [0.1, 0.15) is 5.69 Å². The smallest absolute Gasteiger partial charge is 0.268 e. The van der Waals surface area contributed by atoms with Crippen LogP contribution in [-0.4, -0.2) is 63.8 Å². The SMILES string of the molecule is C=Cc1[nH]c(C(=O)NCC(=O)N2CC(O)C(O)C2)cc1/C=C(\C)Cl.Cc1ccccc1. The number of aromatic amines is 1. The van der Waals surface area contributed by atoms with E-state index >= 15 is 0 Å². The number of benzene rings is 1. The molecule has 0 spiro atoms. The summed E-state index contributed by atoms with van der Waals surface area (Å²) in [6, 6.07) is 11.9. The number of nitrogens with zero attached hydrogens (tertiary/aromatic N) is 1. The Morgan fingerprint density at radius 2 is 1.87 bits per heavy atom. The van der Waals surface area contributed by atoms with Gasteiger partial charge >= 0.3 is 0 Å². The monoisotopic (exact) mass is 445 g/mol. The van der Waals surface area contributed by atoms with Crippen LogP contribution >= 0.6 is 11.6 Å². The van der Waals surface area contributed by atoms with Crippen LogP contribution in [0.15, 0.2) is 48.0 Å². The zero-order chi connectivity index (χ0) is 23.0. The molecular formula is C23H28ClN3O4. The summed E-state index contributed by atoms with van der Waals surface area (Å²) in [6.07, 6.45) is 1.37. The summed E-state index contributed by atoms with van der Waals surface area (Å²) < 4.78 is 0. The third-order valence-electron chi connectivity index (χ3n) is 4.64. The van der Waals surface area contributed by atoms with Crippen LogP contribution in [0.3, 0.4) is 0 Å². The quantitative estimate of drug-likeness (QED) is 0.567. The fourth-order valence-electron chi connectivity index (χ4n) is 2.98. The Kier molecular flexibility index (Phi) is 9.05. The number of β-amino-alcohol motifs (C(OH)–C–C–N with tert-alkyl or cyclic N) is 2. The molecule has 0 radical (unpaired) electrons. The molecule has 1 fully saturated rings. The molecule has 7 nitrogen and oxygen atoms in total. The number of hydrogen-bond acceptors (Lipinski definition) is 4. The number of aromatic nitrogens is 1. The molecule has 2 heterocycles. The highest BCUT2D eigenvalue weighted by molar-refractivity contribution is 6.31. The first-order valence-electron chi connectivity index (χ1n) is 9.84. The van der Waals surface area contributed by atoms with E-state index < -0.39 is 18.1 Å². The van der Waals surface area contributed by atoms with Crippen LogP contribution in [-0.2, 0) is 4.79 Å². The normalized spacial score (nSPS) is 18.2. The molecule has 0 bridgehead atoms. The summed E-state index contributed by atoms with van der Waals surface area (Å²) in [5.74, 6) is -0.815. The van der Waals surface area contributed by atoms with E-state index in [0.29, 0.717) is 10.7 Å². The highest BCUT2D eigenvalue weighted by Crippen LogP contribution is 2.17. The molecule has 0 saturated carbocycles. The Balaban J connectivity index is 0.000000412. The standard InChI is InChI=1S/C16H20ClN3O4.C7H8/c1-3-11-10(4-9(2)17)5-12(19-11)16(24)18-6-15(23)20-7-13(21)14(22)8-20;1-7-5-3-2-4-6-7/h3-5,13-14,19,21-22H,1,6-8H2,2H3,(H,18,24);2-6H,1H3/b9-4+;. The Hall–Kier alpha value is -2.87. The van der Waals surface area contributed by atoms with Gasteiger partial charge in [0.25, 0.3) is 5.91 Å². The van der Waals surface area contributed by atoms with Gasteiger partial charge < -0.3 is 25.4 Å². The number of aliphatic hydroxyl groups excluding tert-OH is 2. The summed E-state index contributed by atoms with van der Waals surface area (Å²) in [4.78, 5) is 28.4. The second-order valence-corrected chi connectivity index (χ2v) is 7.85. The number of rotatable bonds is 5. The van der Waals surface area contributed by atoms with Gasteiger partial charge in [-0.2, -0.15) is 0 Å². The molecule has 8 heteroatoms. The van der Waals surface area contributed by atoms with Gasteiger partial charge in [-0.25, -0.2) is 0 Å². The molecule has 4 N–H and O–H groups in total. The van der Waals surface area contributed by atoms with E-state index in [-0.39, 0.29) is 31.2 Å². The first kappa shape index (κ1) is 24.4. The lowest BCUT2D eigenvalue weighted by Gasteiger charge is -2.15. The second-order valence-electron chi connectivity index (χ2n) is 7.26. The van der Waals surface area contributed by atoms with Crippen molar-refractivity contribution in [2.75, 3.05) is 19.6 Å². The summed E-state index contributed by atoms with van der Waals surface area (Å²) in [7, 11) is 0. The van der Waals surface area contributed by atoms with Crippen LogP contribution in [0.4, 0.5) is 0 Å². The average molecular weight is 446 g/mol. The Morgan fingerprint density at radius 1 is 1.26 bits per heavy atom. The first-order chi connectivity index (χ1) is 14.7. The lowest BCUT2D eigenvalue weighted by atomic mass is 10.2. The number of carbonyl (C=O) groups excluding carboxylic acids is 2. The topological polar surface area (TPSA) is 106 Å². The molecule has 2 atom stereocenters. The predicted octanol–water partition coefficient (Wildman–Crippen LogP) is 2.55. The number of amides is 2. The minimum atomic E-state index is -0.948. The van der Waals surface area contributed by atoms with Crippen molar-refractivity contribution >= 4 is 35.6 Å². The molecule has 1 aliphatic rings. The molecule has 166 valence electrons. The number of aliphatic hydroxyl groups is 2. The van der Waals surface area contributed by atoms with Crippen molar-refractivity contribution in [2.45, 2.75) is 26.1 Å². The summed E-state index contributed by atoms with van der Waals surface area (Å²) >= 11 is 5.85. The number of aryl methyl sites for hydroxylation is 1. The average Bonchev–Trinajstić information content (AvgIpc) is 3.29. The van der Waals surface area contributed by atoms with Crippen molar-refractivity contribution in [2.24, 2.45) is 0 Å². The van der Waals surface area contributed by atoms with Crippen molar-refractivity contribution < 1.29 is 19.8 Å². The first-order valence-corrected chi connectivity index (χ1v) is 10.2. The maximum absolute atomic E-state index is 12.2. The molecule has 1 aromatic heterocycles. The zero-order valence-electron chi connectivity index (χ0n) is 17.6. The molecule has 3 rings (SSSR count). The molecule has 0 aliphatic carbocycles. The van der Waals surface area contributed by atoms with Crippen molar-refractivity contribution in [3.8, 4) is 0 Å². The predicted molar refractivity (Wildman–Crippen MR) is 122 cm³/mol. The third-order valence-corrected chi connectivity index (χ3v) is 4.74. The molecule has 1 aliphatic heterocycles. The van der Waals surface area contributed by atoms with Crippen molar-refractivity contribution in [3.05, 3.63) is 70.5 Å². The van der Waals surface area contributed by atoms with Gasteiger partial charge in [0, 0.05) is 29.4 Å². The minimum Gasteiger partial charge on any atom is -0.388 e. The molecule has 1 aromatic carbocycles. The number of allylic oxidation sites excluding steroid dienone is 1. The van der Waals surface area contributed by atoms with Crippen LogP contribution in [0.2, 0.25) is 0 Å². The number of hydrogen-bond donors (Lipinski definition) is 4. The van der Waals surface area contributed by atoms with Gasteiger partial charge in [-0.1, -0.05) is 54.1 Å². The van der Waals surface area contributed by atoms with Crippen LogP contribution in [0.1, 0.15) is 34.2 Å². The van der Waals surface area contributed by atoms with Gasteiger partial charge in [-0.15, -0.1) is 0 Å². The number of H-pyrrole nitrogens is 1. The molecule has 31 heavy (non-hydrogen) atoms. The van der Waals surface area contributed by atoms with Gasteiger partial charge in [-0.05, 0) is 32.1 Å². The van der Waals surface area contributed by atoms with Crippen LogP contribution in [0, 0.1) is 6.92 Å². The largest absolute Gasteiger partial charge is 0.388 e. The Bertz CT molecular complexity index is 926. The van der Waals surface area contributed by atoms with Crippen molar-refractivity contribution in [1.82, 2.24) is 15.2 Å². The van der Waals surface area contributed by atoms with E-state index in [1.54, 1.807) is 25.1 Å². The van der Waals surface area contributed by atoms with E-state index in [4.69, 9.17) is 11.6 Å². The maximum atomic E-state index is 12.2. The fraction of sp³-hybridized carbons (Fsp3) is 0.304. The van der Waals surface area contributed by atoms with Gasteiger partial charge in [0.05, 0.1) is 18.8 Å². The van der Waals surface area contributed by atoms with Crippen molar-refractivity contribution in [1.29, 1.82) is 0 Å². The molecule has 1 saturated heterocycles. The Labute approximate surface area is 187 Å². The van der Waals surface area contributed by atoms with Crippen LogP contribution in [0.5, 0.6) is 0 Å². The summed E-state index contributed by atoms with van der Waals surface area (Å²) in [5.41, 5.74) is 2.97. The number of likely N-dealkylation sites (tertiary alicyclic amines) is 1. The fourth-order valence-corrected chi connectivity index (χ4v) is 3.10. The molecular weight excluding hydrogens is 418 g/mol. The number of carbonyl (C=O) groups is 2. The van der Waals surface area contributed by atoms with E-state index in [1.165, 1.54) is 10.5 Å². The maximum Gasteiger partial charge on any atom is 0.268 e. The van der Waals surface area contributed by atoms with E-state index in [0.717, 1.165) is 5.56 Å². The van der Waals surface area contributed by atoms with E-state index in [9.17, 15) is 19.8 Å². The summed E-state index contributed by atoms with van der Waals surface area (Å²) in [6.45, 7) is 7.37. The van der Waals surface area contributed by atoms with Gasteiger partial charge in [0.2, 0.25) is 5.91 Å². The van der Waals surface area contributed by atoms with Gasteiger partial charge in [0.15, 0.2) is 0 Å². The Morgan fingerprint density at radius 3 is 2.35 bits per heavy atom. The third kappa shape index (κ3) is 7.40. The number of nitrogens with one attached hydrogen (secondary N) is 2. The lowest BCUT2D eigenvalue weighted by molar-refractivity contribution is -0.129. The van der Waals surface area contributed by atoms with Crippen molar-refractivity contribution in [3.63, 3.8) is 0 Å². The molecule has 2 amide bonds. The number of halogens is 1. The minimum absolute atomic E-state index is 0.0585. The highest BCUT2D eigenvalue weighted by Gasteiger charge is 2.32. The van der Waals surface area contributed by atoms with Gasteiger partial charge in [-0.3, -0.25) is 9.59 Å². The highest BCUT2D eigenvalue weighted by atomic mass is 35.5. The molecule has 2 unspecified atom stereocenters.